The molecule has 1 fully saturated rings. The molecule has 2 heterocycles. The lowest BCUT2D eigenvalue weighted by molar-refractivity contribution is 0.0896. The van der Waals surface area contributed by atoms with Crippen molar-refractivity contribution in [1.29, 1.82) is 0 Å². The second-order valence-electron chi connectivity index (χ2n) is 3.81. The van der Waals surface area contributed by atoms with Crippen LogP contribution in [0.4, 0.5) is 0 Å². The van der Waals surface area contributed by atoms with E-state index in [1.807, 2.05) is 26.1 Å². The highest BCUT2D eigenvalue weighted by Gasteiger charge is 2.33. The van der Waals surface area contributed by atoms with E-state index in [9.17, 15) is 4.79 Å². The summed E-state index contributed by atoms with van der Waals surface area (Å²) in [4.78, 5) is 14.1. The van der Waals surface area contributed by atoms with Crippen molar-refractivity contribution in [1.82, 2.24) is 5.32 Å². The number of carbonyl (C=O) groups excluding carboxylic acids is 1. The van der Waals surface area contributed by atoms with Gasteiger partial charge in [0.1, 0.15) is 0 Å². The fourth-order valence-corrected chi connectivity index (χ4v) is 2.72. The number of hydrogen-bond acceptors (Lipinski definition) is 4. The van der Waals surface area contributed by atoms with Gasteiger partial charge in [0.15, 0.2) is 5.78 Å². The minimum absolute atomic E-state index is 0.0203. The summed E-state index contributed by atoms with van der Waals surface area (Å²) in [6, 6.07) is 4.06. The van der Waals surface area contributed by atoms with Crippen molar-refractivity contribution in [2.75, 3.05) is 20.3 Å². The zero-order valence-electron chi connectivity index (χ0n) is 8.95. The molecular formula is C11H15NO2S. The van der Waals surface area contributed by atoms with Crippen molar-refractivity contribution >= 4 is 17.1 Å². The van der Waals surface area contributed by atoms with Crippen molar-refractivity contribution in [2.45, 2.75) is 13.0 Å². The molecule has 82 valence electrons. The average molecular weight is 225 g/mol. The van der Waals surface area contributed by atoms with E-state index in [0.29, 0.717) is 13.2 Å². The van der Waals surface area contributed by atoms with Crippen LogP contribution in [0.5, 0.6) is 0 Å². The Hall–Kier alpha value is -0.710. The Kier molecular flexibility index (Phi) is 3.19. The molecule has 0 spiro atoms. The minimum atomic E-state index is -0.0203. The molecule has 0 aromatic carbocycles. The van der Waals surface area contributed by atoms with Crippen LogP contribution >= 0.6 is 11.3 Å². The summed E-state index contributed by atoms with van der Waals surface area (Å²) >= 11 is 1.56. The first-order valence-corrected chi connectivity index (χ1v) is 5.89. The van der Waals surface area contributed by atoms with Crippen LogP contribution in [0.1, 0.15) is 14.5 Å². The molecule has 1 N–H and O–H groups in total. The summed E-state index contributed by atoms with van der Waals surface area (Å²) in [5.41, 5.74) is 0. The van der Waals surface area contributed by atoms with E-state index >= 15 is 0 Å². The van der Waals surface area contributed by atoms with Gasteiger partial charge in [-0.1, -0.05) is 0 Å². The molecule has 1 aromatic rings. The topological polar surface area (TPSA) is 38.3 Å². The SMILES string of the molecule is CNC1COCC1C(=O)c1ccc(C)s1. The van der Waals surface area contributed by atoms with Crippen molar-refractivity contribution in [3.63, 3.8) is 0 Å². The van der Waals surface area contributed by atoms with E-state index < -0.39 is 0 Å². The maximum absolute atomic E-state index is 12.1. The van der Waals surface area contributed by atoms with Crippen LogP contribution in [0.3, 0.4) is 0 Å². The number of carbonyl (C=O) groups is 1. The normalized spacial score (nSPS) is 25.7. The predicted octanol–water partition coefficient (Wildman–Crippen LogP) is 1.47. The average Bonchev–Trinajstić information content (AvgIpc) is 2.84. The van der Waals surface area contributed by atoms with Crippen LogP contribution < -0.4 is 5.32 Å². The van der Waals surface area contributed by atoms with E-state index in [-0.39, 0.29) is 17.7 Å². The molecule has 2 atom stereocenters. The lowest BCUT2D eigenvalue weighted by atomic mass is 9.98. The summed E-state index contributed by atoms with van der Waals surface area (Å²) in [5.74, 6) is 0.193. The molecule has 15 heavy (non-hydrogen) atoms. The van der Waals surface area contributed by atoms with Gasteiger partial charge in [-0.25, -0.2) is 0 Å². The van der Waals surface area contributed by atoms with Gasteiger partial charge >= 0.3 is 0 Å². The van der Waals surface area contributed by atoms with Gasteiger partial charge in [0.25, 0.3) is 0 Å². The third-order valence-corrected chi connectivity index (χ3v) is 3.79. The van der Waals surface area contributed by atoms with E-state index in [1.54, 1.807) is 11.3 Å². The molecule has 1 aliphatic rings. The summed E-state index contributed by atoms with van der Waals surface area (Å²) in [7, 11) is 1.87. The smallest absolute Gasteiger partial charge is 0.179 e. The van der Waals surface area contributed by atoms with Crippen LogP contribution in [-0.4, -0.2) is 32.1 Å². The second-order valence-corrected chi connectivity index (χ2v) is 5.10. The maximum Gasteiger partial charge on any atom is 0.179 e. The van der Waals surface area contributed by atoms with E-state index in [0.717, 1.165) is 4.88 Å². The molecule has 1 saturated heterocycles. The fraction of sp³-hybridized carbons (Fsp3) is 0.545. The number of nitrogens with one attached hydrogen (secondary N) is 1. The van der Waals surface area contributed by atoms with Gasteiger partial charge in [0, 0.05) is 10.9 Å². The number of ether oxygens (including phenoxy) is 1. The molecule has 0 bridgehead atoms. The Morgan fingerprint density at radius 2 is 2.33 bits per heavy atom. The summed E-state index contributed by atoms with van der Waals surface area (Å²) in [6.45, 7) is 3.20. The molecule has 4 heteroatoms. The van der Waals surface area contributed by atoms with Crippen LogP contribution in [0.25, 0.3) is 0 Å². The quantitative estimate of drug-likeness (QED) is 0.792. The van der Waals surface area contributed by atoms with E-state index in [2.05, 4.69) is 5.32 Å². The first-order valence-electron chi connectivity index (χ1n) is 5.08. The molecule has 0 radical (unpaired) electrons. The molecule has 0 saturated carbocycles. The largest absolute Gasteiger partial charge is 0.379 e. The van der Waals surface area contributed by atoms with Crippen molar-refractivity contribution in [3.05, 3.63) is 21.9 Å². The zero-order valence-corrected chi connectivity index (χ0v) is 9.76. The zero-order chi connectivity index (χ0) is 10.8. The highest BCUT2D eigenvalue weighted by molar-refractivity contribution is 7.14. The highest BCUT2D eigenvalue weighted by atomic mass is 32.1. The maximum atomic E-state index is 12.1. The lowest BCUT2D eigenvalue weighted by Gasteiger charge is -2.14. The number of ketones is 1. The van der Waals surface area contributed by atoms with E-state index in [4.69, 9.17) is 4.74 Å². The third kappa shape index (κ3) is 2.12. The van der Waals surface area contributed by atoms with Crippen molar-refractivity contribution in [2.24, 2.45) is 5.92 Å². The Labute approximate surface area is 93.4 Å². The van der Waals surface area contributed by atoms with Gasteiger partial charge < -0.3 is 10.1 Å². The number of likely N-dealkylation sites (N-methyl/N-ethyl adjacent to an activating group) is 1. The first-order chi connectivity index (χ1) is 7.22. The number of thiophene rings is 1. The number of rotatable bonds is 3. The lowest BCUT2D eigenvalue weighted by Crippen LogP contribution is -2.36. The predicted molar refractivity (Wildman–Crippen MR) is 60.5 cm³/mol. The first kappa shape index (κ1) is 10.8. The summed E-state index contributed by atoms with van der Waals surface area (Å²) in [5, 5.41) is 3.13. The molecular weight excluding hydrogens is 210 g/mol. The number of Topliss-reactive ketones (excluding diaryl/α,β-unsaturated/α-hetero) is 1. The molecule has 2 rings (SSSR count). The monoisotopic (exact) mass is 225 g/mol. The standard InChI is InChI=1S/C11H15NO2S/c1-7-3-4-10(15-7)11(13)8-5-14-6-9(8)12-2/h3-4,8-9,12H,5-6H2,1-2H3. The van der Waals surface area contributed by atoms with Gasteiger partial charge in [-0.2, -0.15) is 0 Å². The fourth-order valence-electron chi connectivity index (χ4n) is 1.85. The van der Waals surface area contributed by atoms with Crippen LogP contribution in [0.15, 0.2) is 12.1 Å². The molecule has 1 aliphatic heterocycles. The molecule has 0 amide bonds. The van der Waals surface area contributed by atoms with Gasteiger partial charge in [-0.05, 0) is 26.1 Å². The van der Waals surface area contributed by atoms with Gasteiger partial charge in [-0.3, -0.25) is 4.79 Å². The second kappa shape index (κ2) is 4.43. The van der Waals surface area contributed by atoms with Crippen LogP contribution in [-0.2, 0) is 4.74 Å². The Morgan fingerprint density at radius 1 is 1.53 bits per heavy atom. The minimum Gasteiger partial charge on any atom is -0.379 e. The van der Waals surface area contributed by atoms with Gasteiger partial charge in [-0.15, -0.1) is 11.3 Å². The van der Waals surface area contributed by atoms with Crippen molar-refractivity contribution in [3.8, 4) is 0 Å². The third-order valence-electron chi connectivity index (χ3n) is 2.77. The van der Waals surface area contributed by atoms with Crippen LogP contribution in [0.2, 0.25) is 0 Å². The number of aryl methyl sites for hydroxylation is 1. The Bertz CT molecular complexity index is 361. The Balaban J connectivity index is 2.13. The molecule has 0 aliphatic carbocycles. The molecule has 1 aromatic heterocycles. The van der Waals surface area contributed by atoms with Gasteiger partial charge in [0.2, 0.25) is 0 Å². The molecule has 2 unspecified atom stereocenters. The van der Waals surface area contributed by atoms with Crippen LogP contribution in [0, 0.1) is 12.8 Å². The summed E-state index contributed by atoms with van der Waals surface area (Å²) in [6.07, 6.45) is 0. The van der Waals surface area contributed by atoms with Gasteiger partial charge in [0.05, 0.1) is 24.0 Å². The van der Waals surface area contributed by atoms with Crippen molar-refractivity contribution < 1.29 is 9.53 Å². The Morgan fingerprint density at radius 3 is 2.93 bits per heavy atom. The van der Waals surface area contributed by atoms with E-state index in [1.165, 1.54) is 4.88 Å². The molecule has 3 nitrogen and oxygen atoms in total. The highest BCUT2D eigenvalue weighted by Crippen LogP contribution is 2.23. The summed E-state index contributed by atoms with van der Waals surface area (Å²) < 4.78 is 5.33. The number of hydrogen-bond donors (Lipinski definition) is 1.